The van der Waals surface area contributed by atoms with Gasteiger partial charge in [-0.1, -0.05) is 0 Å². The van der Waals surface area contributed by atoms with Gasteiger partial charge in [-0.05, 0) is 31.5 Å². The van der Waals surface area contributed by atoms with E-state index in [1.165, 1.54) is 0 Å². The van der Waals surface area contributed by atoms with E-state index in [4.69, 9.17) is 4.74 Å². The molecule has 5 heteroatoms. The lowest BCUT2D eigenvalue weighted by atomic mass is 10.1. The Labute approximate surface area is 125 Å². The molecule has 2 aliphatic rings. The molecule has 1 atom stereocenters. The molecule has 0 bridgehead atoms. The van der Waals surface area contributed by atoms with Gasteiger partial charge >= 0.3 is 0 Å². The molecule has 2 fully saturated rings. The Morgan fingerprint density at radius 2 is 2.05 bits per heavy atom. The van der Waals surface area contributed by atoms with Gasteiger partial charge in [0.05, 0.1) is 25.7 Å². The second-order valence-corrected chi connectivity index (χ2v) is 6.04. The van der Waals surface area contributed by atoms with Crippen LogP contribution in [0.15, 0.2) is 12.1 Å². The molecule has 0 spiro atoms. The number of carbonyl (C=O) groups excluding carboxylic acids is 1. The van der Waals surface area contributed by atoms with Crippen molar-refractivity contribution in [3.05, 3.63) is 29.1 Å². The molecule has 2 aliphatic heterocycles. The maximum absolute atomic E-state index is 12.5. The van der Waals surface area contributed by atoms with Crippen LogP contribution in [0.1, 0.15) is 17.0 Å². The summed E-state index contributed by atoms with van der Waals surface area (Å²) in [5.41, 5.74) is 3.01. The number of hydrogen-bond acceptors (Lipinski definition) is 4. The third-order valence-electron chi connectivity index (χ3n) is 4.29. The standard InChI is InChI=1S/C16H23N3O2/c1-12-7-14(8-13(2)17-12)9-16(20)19-4-3-18-5-6-21-11-15(18)10-19/h7-8,15H,3-6,9-11H2,1-2H3. The van der Waals surface area contributed by atoms with Crippen LogP contribution in [0.5, 0.6) is 0 Å². The van der Waals surface area contributed by atoms with Gasteiger partial charge in [-0.15, -0.1) is 0 Å². The minimum Gasteiger partial charge on any atom is -0.378 e. The molecule has 0 aromatic carbocycles. The van der Waals surface area contributed by atoms with Crippen LogP contribution in [0.2, 0.25) is 0 Å². The number of rotatable bonds is 2. The summed E-state index contributed by atoms with van der Waals surface area (Å²) in [6.45, 7) is 9.10. The lowest BCUT2D eigenvalue weighted by molar-refractivity contribution is -0.136. The third-order valence-corrected chi connectivity index (χ3v) is 4.29. The zero-order valence-electron chi connectivity index (χ0n) is 12.8. The lowest BCUT2D eigenvalue weighted by Gasteiger charge is -2.43. The molecule has 0 aliphatic carbocycles. The van der Waals surface area contributed by atoms with Crippen molar-refractivity contribution in [1.82, 2.24) is 14.8 Å². The summed E-state index contributed by atoms with van der Waals surface area (Å²) >= 11 is 0. The van der Waals surface area contributed by atoms with E-state index in [-0.39, 0.29) is 5.91 Å². The molecular formula is C16H23N3O2. The molecule has 0 N–H and O–H groups in total. The first-order chi connectivity index (χ1) is 10.1. The van der Waals surface area contributed by atoms with Gasteiger partial charge in [0.15, 0.2) is 0 Å². The number of carbonyl (C=O) groups is 1. The van der Waals surface area contributed by atoms with Gasteiger partial charge in [0.25, 0.3) is 0 Å². The molecular weight excluding hydrogens is 266 g/mol. The van der Waals surface area contributed by atoms with Crippen molar-refractivity contribution in [3.8, 4) is 0 Å². The number of aromatic nitrogens is 1. The molecule has 2 saturated heterocycles. The maximum atomic E-state index is 12.5. The minimum atomic E-state index is 0.213. The fourth-order valence-corrected chi connectivity index (χ4v) is 3.28. The van der Waals surface area contributed by atoms with E-state index >= 15 is 0 Å². The van der Waals surface area contributed by atoms with Crippen LogP contribution in [0.25, 0.3) is 0 Å². The van der Waals surface area contributed by atoms with E-state index in [2.05, 4.69) is 9.88 Å². The van der Waals surface area contributed by atoms with Crippen molar-refractivity contribution in [2.45, 2.75) is 26.3 Å². The molecule has 114 valence electrons. The number of fused-ring (bicyclic) bond motifs is 1. The first-order valence-electron chi connectivity index (χ1n) is 7.65. The Morgan fingerprint density at radius 1 is 1.29 bits per heavy atom. The summed E-state index contributed by atoms with van der Waals surface area (Å²) in [4.78, 5) is 21.3. The van der Waals surface area contributed by atoms with Crippen molar-refractivity contribution < 1.29 is 9.53 Å². The minimum absolute atomic E-state index is 0.213. The van der Waals surface area contributed by atoms with E-state index in [1.807, 2.05) is 30.9 Å². The Bertz CT molecular complexity index is 512. The summed E-state index contributed by atoms with van der Waals surface area (Å²) in [6.07, 6.45) is 0.470. The van der Waals surface area contributed by atoms with Crippen molar-refractivity contribution >= 4 is 5.91 Å². The van der Waals surface area contributed by atoms with Gasteiger partial charge in [-0.25, -0.2) is 0 Å². The quantitative estimate of drug-likeness (QED) is 0.807. The number of nitrogens with zero attached hydrogens (tertiary/aromatic N) is 3. The Morgan fingerprint density at radius 3 is 2.81 bits per heavy atom. The predicted octanol–water partition coefficient (Wildman–Crippen LogP) is 0.784. The first kappa shape index (κ1) is 14.5. The highest BCUT2D eigenvalue weighted by molar-refractivity contribution is 5.79. The summed E-state index contributed by atoms with van der Waals surface area (Å²) in [6, 6.07) is 4.38. The zero-order chi connectivity index (χ0) is 14.8. The summed E-state index contributed by atoms with van der Waals surface area (Å²) < 4.78 is 5.53. The number of ether oxygens (including phenoxy) is 1. The number of aryl methyl sites for hydroxylation is 2. The van der Waals surface area contributed by atoms with E-state index in [9.17, 15) is 4.79 Å². The summed E-state index contributed by atoms with van der Waals surface area (Å²) in [5, 5.41) is 0. The highest BCUT2D eigenvalue weighted by atomic mass is 16.5. The largest absolute Gasteiger partial charge is 0.378 e. The average Bonchev–Trinajstić information content (AvgIpc) is 2.45. The van der Waals surface area contributed by atoms with Crippen LogP contribution in [-0.4, -0.2) is 66.1 Å². The predicted molar refractivity (Wildman–Crippen MR) is 80.2 cm³/mol. The third kappa shape index (κ3) is 3.41. The normalized spacial score (nSPS) is 23.0. The maximum Gasteiger partial charge on any atom is 0.227 e. The fraction of sp³-hybridized carbons (Fsp3) is 0.625. The van der Waals surface area contributed by atoms with Crippen molar-refractivity contribution in [3.63, 3.8) is 0 Å². The molecule has 5 nitrogen and oxygen atoms in total. The molecule has 3 heterocycles. The molecule has 1 aromatic rings. The molecule has 21 heavy (non-hydrogen) atoms. The van der Waals surface area contributed by atoms with Gasteiger partial charge < -0.3 is 9.64 Å². The van der Waals surface area contributed by atoms with Crippen LogP contribution in [0.3, 0.4) is 0 Å². The van der Waals surface area contributed by atoms with Crippen molar-refractivity contribution in [2.75, 3.05) is 39.4 Å². The van der Waals surface area contributed by atoms with Gasteiger partial charge in [-0.3, -0.25) is 14.7 Å². The Hall–Kier alpha value is -1.46. The van der Waals surface area contributed by atoms with Crippen LogP contribution in [-0.2, 0) is 16.0 Å². The van der Waals surface area contributed by atoms with E-state index in [0.717, 1.165) is 56.3 Å². The molecule has 1 amide bonds. The second-order valence-electron chi connectivity index (χ2n) is 6.04. The van der Waals surface area contributed by atoms with Gasteiger partial charge in [-0.2, -0.15) is 0 Å². The lowest BCUT2D eigenvalue weighted by Crippen LogP contribution is -2.59. The number of morpholine rings is 1. The van der Waals surface area contributed by atoms with Crippen molar-refractivity contribution in [2.24, 2.45) is 0 Å². The number of piperazine rings is 1. The summed E-state index contributed by atoms with van der Waals surface area (Å²) in [7, 11) is 0. The monoisotopic (exact) mass is 289 g/mol. The Balaban J connectivity index is 1.62. The number of pyridine rings is 1. The smallest absolute Gasteiger partial charge is 0.227 e. The van der Waals surface area contributed by atoms with E-state index in [1.54, 1.807) is 0 Å². The number of amides is 1. The van der Waals surface area contributed by atoms with Crippen LogP contribution < -0.4 is 0 Å². The van der Waals surface area contributed by atoms with Crippen LogP contribution >= 0.6 is 0 Å². The van der Waals surface area contributed by atoms with Crippen molar-refractivity contribution in [1.29, 1.82) is 0 Å². The highest BCUT2D eigenvalue weighted by Gasteiger charge is 2.31. The molecule has 0 radical (unpaired) electrons. The fourth-order valence-electron chi connectivity index (χ4n) is 3.28. The first-order valence-corrected chi connectivity index (χ1v) is 7.65. The van der Waals surface area contributed by atoms with Gasteiger partial charge in [0.2, 0.25) is 5.91 Å². The Kier molecular flexibility index (Phi) is 4.22. The molecule has 0 saturated carbocycles. The molecule has 3 rings (SSSR count). The highest BCUT2D eigenvalue weighted by Crippen LogP contribution is 2.15. The average molecular weight is 289 g/mol. The van der Waals surface area contributed by atoms with E-state index < -0.39 is 0 Å². The van der Waals surface area contributed by atoms with Gasteiger partial charge in [0, 0.05) is 37.6 Å². The SMILES string of the molecule is Cc1cc(CC(=O)N2CCN3CCOCC3C2)cc(C)n1. The van der Waals surface area contributed by atoms with Gasteiger partial charge in [0.1, 0.15) is 0 Å². The molecule has 1 aromatic heterocycles. The second kappa shape index (κ2) is 6.12. The topological polar surface area (TPSA) is 45.7 Å². The number of hydrogen-bond donors (Lipinski definition) is 0. The van der Waals surface area contributed by atoms with Crippen LogP contribution in [0.4, 0.5) is 0 Å². The van der Waals surface area contributed by atoms with Crippen LogP contribution in [0, 0.1) is 13.8 Å². The van der Waals surface area contributed by atoms with E-state index in [0.29, 0.717) is 12.5 Å². The summed E-state index contributed by atoms with van der Waals surface area (Å²) in [5.74, 6) is 0.213. The molecule has 1 unspecified atom stereocenters. The zero-order valence-corrected chi connectivity index (χ0v) is 12.8.